The van der Waals surface area contributed by atoms with E-state index in [-0.39, 0.29) is 0 Å². The summed E-state index contributed by atoms with van der Waals surface area (Å²) < 4.78 is 0.465. The van der Waals surface area contributed by atoms with Crippen molar-refractivity contribution in [2.75, 3.05) is 0 Å². The summed E-state index contributed by atoms with van der Waals surface area (Å²) in [7, 11) is 0. The van der Waals surface area contributed by atoms with Gasteiger partial charge in [-0.1, -0.05) is 11.6 Å². The highest BCUT2D eigenvalue weighted by atomic mass is 35.5. The summed E-state index contributed by atoms with van der Waals surface area (Å²) in [5, 5.41) is 8.22. The van der Waals surface area contributed by atoms with Gasteiger partial charge in [0.15, 0.2) is 5.69 Å². The van der Waals surface area contributed by atoms with Crippen molar-refractivity contribution in [1.82, 2.24) is 4.98 Å². The molecular formula is C4HClN2S. The fourth-order valence-corrected chi connectivity index (χ4v) is 0.976. The number of hydrogen-bond acceptors (Lipinski definition) is 3. The highest BCUT2D eigenvalue weighted by Gasteiger charge is 1.98. The van der Waals surface area contributed by atoms with E-state index in [0.29, 0.717) is 10.0 Å². The third-order valence-electron chi connectivity index (χ3n) is 0.630. The normalized spacial score (nSPS) is 8.50. The van der Waals surface area contributed by atoms with Crippen molar-refractivity contribution in [2.24, 2.45) is 0 Å². The van der Waals surface area contributed by atoms with Crippen molar-refractivity contribution < 1.29 is 0 Å². The standard InChI is InChI=1S/C4HClN2S/c5-4-3(1-6)7-2-8-4/h2H. The molecule has 0 aliphatic rings. The van der Waals surface area contributed by atoms with E-state index in [1.165, 1.54) is 11.3 Å². The molecule has 0 bridgehead atoms. The summed E-state index contributed by atoms with van der Waals surface area (Å²) in [4.78, 5) is 3.66. The van der Waals surface area contributed by atoms with Gasteiger partial charge in [0.05, 0.1) is 5.51 Å². The van der Waals surface area contributed by atoms with Gasteiger partial charge in [0.2, 0.25) is 0 Å². The molecule has 1 heterocycles. The predicted molar refractivity (Wildman–Crippen MR) is 31.8 cm³/mol. The molecule has 0 aliphatic heterocycles. The van der Waals surface area contributed by atoms with Crippen LogP contribution in [0.3, 0.4) is 0 Å². The van der Waals surface area contributed by atoms with Crippen molar-refractivity contribution in [1.29, 1.82) is 5.26 Å². The van der Waals surface area contributed by atoms with Crippen molar-refractivity contribution in [3.8, 4) is 6.07 Å². The average molecular weight is 145 g/mol. The Kier molecular flexibility index (Phi) is 1.47. The van der Waals surface area contributed by atoms with Crippen molar-refractivity contribution >= 4 is 22.9 Å². The molecule has 1 rings (SSSR count). The molecule has 0 aromatic carbocycles. The second-order valence-electron chi connectivity index (χ2n) is 1.09. The van der Waals surface area contributed by atoms with Gasteiger partial charge in [-0.3, -0.25) is 0 Å². The van der Waals surface area contributed by atoms with Gasteiger partial charge in [0, 0.05) is 0 Å². The van der Waals surface area contributed by atoms with E-state index >= 15 is 0 Å². The van der Waals surface area contributed by atoms with Crippen LogP contribution in [-0.2, 0) is 0 Å². The Hall–Kier alpha value is -0.590. The zero-order chi connectivity index (χ0) is 5.98. The van der Waals surface area contributed by atoms with Crippen LogP contribution in [0.15, 0.2) is 5.51 Å². The molecule has 0 unspecified atom stereocenters. The van der Waals surface area contributed by atoms with E-state index in [0.717, 1.165) is 0 Å². The van der Waals surface area contributed by atoms with Crippen LogP contribution in [0.25, 0.3) is 0 Å². The number of nitrogens with zero attached hydrogens (tertiary/aromatic N) is 2. The zero-order valence-electron chi connectivity index (χ0n) is 3.76. The summed E-state index contributed by atoms with van der Waals surface area (Å²) in [5.74, 6) is 0. The molecule has 0 amide bonds. The minimum absolute atomic E-state index is 0.316. The molecule has 0 radical (unpaired) electrons. The van der Waals surface area contributed by atoms with E-state index in [9.17, 15) is 0 Å². The number of hydrogen-bond donors (Lipinski definition) is 0. The van der Waals surface area contributed by atoms with Crippen LogP contribution in [0.5, 0.6) is 0 Å². The Morgan fingerprint density at radius 2 is 2.62 bits per heavy atom. The van der Waals surface area contributed by atoms with Gasteiger partial charge >= 0.3 is 0 Å². The summed E-state index contributed by atoms with van der Waals surface area (Å²) >= 11 is 6.73. The Morgan fingerprint density at radius 1 is 1.88 bits per heavy atom. The summed E-state index contributed by atoms with van der Waals surface area (Å²) in [6.07, 6.45) is 0. The molecule has 0 saturated carbocycles. The molecule has 0 aliphatic carbocycles. The topological polar surface area (TPSA) is 36.7 Å². The van der Waals surface area contributed by atoms with Crippen LogP contribution in [0, 0.1) is 11.3 Å². The molecule has 0 N–H and O–H groups in total. The Balaban J connectivity index is 3.15. The summed E-state index contributed by atoms with van der Waals surface area (Å²) in [6, 6.07) is 1.84. The molecule has 0 saturated heterocycles. The minimum Gasteiger partial charge on any atom is -0.232 e. The monoisotopic (exact) mass is 144 g/mol. The molecule has 8 heavy (non-hydrogen) atoms. The fraction of sp³-hybridized carbons (Fsp3) is 0. The first kappa shape index (κ1) is 5.54. The highest BCUT2D eigenvalue weighted by molar-refractivity contribution is 7.14. The number of halogens is 1. The van der Waals surface area contributed by atoms with Crippen LogP contribution in [0.4, 0.5) is 0 Å². The van der Waals surface area contributed by atoms with Crippen LogP contribution in [0.1, 0.15) is 5.69 Å². The van der Waals surface area contributed by atoms with Crippen LogP contribution >= 0.6 is 22.9 Å². The Morgan fingerprint density at radius 3 is 2.88 bits per heavy atom. The van der Waals surface area contributed by atoms with E-state index in [4.69, 9.17) is 16.9 Å². The van der Waals surface area contributed by atoms with Gasteiger partial charge in [0.25, 0.3) is 0 Å². The molecule has 1 aromatic rings. The van der Waals surface area contributed by atoms with E-state index < -0.39 is 0 Å². The molecule has 4 heteroatoms. The van der Waals surface area contributed by atoms with Crippen molar-refractivity contribution in [2.45, 2.75) is 0 Å². The Labute approximate surface area is 55.4 Å². The maximum absolute atomic E-state index is 8.22. The zero-order valence-corrected chi connectivity index (χ0v) is 5.33. The van der Waals surface area contributed by atoms with Gasteiger partial charge in [-0.15, -0.1) is 11.3 Å². The second-order valence-corrected chi connectivity index (χ2v) is 2.54. The minimum atomic E-state index is 0.316. The molecule has 0 spiro atoms. The predicted octanol–water partition coefficient (Wildman–Crippen LogP) is 1.67. The van der Waals surface area contributed by atoms with E-state index in [2.05, 4.69) is 4.98 Å². The van der Waals surface area contributed by atoms with Gasteiger partial charge in [0.1, 0.15) is 10.4 Å². The summed E-state index contributed by atoms with van der Waals surface area (Å²) in [5.41, 5.74) is 1.86. The van der Waals surface area contributed by atoms with Crippen molar-refractivity contribution in [3.63, 3.8) is 0 Å². The molecule has 1 aromatic heterocycles. The second kappa shape index (κ2) is 2.12. The van der Waals surface area contributed by atoms with Gasteiger partial charge < -0.3 is 0 Å². The molecule has 0 atom stereocenters. The summed E-state index contributed by atoms with van der Waals surface area (Å²) in [6.45, 7) is 0. The number of rotatable bonds is 0. The fourth-order valence-electron chi connectivity index (χ4n) is 0.305. The molecule has 2 nitrogen and oxygen atoms in total. The van der Waals surface area contributed by atoms with Crippen LogP contribution in [0.2, 0.25) is 4.34 Å². The smallest absolute Gasteiger partial charge is 0.170 e. The number of aromatic nitrogens is 1. The first-order chi connectivity index (χ1) is 3.84. The first-order valence-electron chi connectivity index (χ1n) is 1.83. The lowest BCUT2D eigenvalue weighted by molar-refractivity contribution is 1.34. The average Bonchev–Trinajstić information content (AvgIpc) is 2.14. The quantitative estimate of drug-likeness (QED) is 0.556. The van der Waals surface area contributed by atoms with Gasteiger partial charge in [-0.25, -0.2) is 4.98 Å². The first-order valence-corrected chi connectivity index (χ1v) is 3.09. The lowest BCUT2D eigenvalue weighted by atomic mass is 10.6. The third kappa shape index (κ3) is 0.808. The van der Waals surface area contributed by atoms with Gasteiger partial charge in [-0.05, 0) is 0 Å². The lowest BCUT2D eigenvalue weighted by Crippen LogP contribution is -1.67. The van der Waals surface area contributed by atoms with Crippen LogP contribution in [-0.4, -0.2) is 4.98 Å². The maximum atomic E-state index is 8.22. The molecule has 40 valence electrons. The number of nitriles is 1. The van der Waals surface area contributed by atoms with Crippen LogP contribution < -0.4 is 0 Å². The highest BCUT2D eigenvalue weighted by Crippen LogP contribution is 2.17. The van der Waals surface area contributed by atoms with E-state index in [1.807, 2.05) is 6.07 Å². The largest absolute Gasteiger partial charge is 0.232 e. The molecular weight excluding hydrogens is 144 g/mol. The van der Waals surface area contributed by atoms with Crippen molar-refractivity contribution in [3.05, 3.63) is 15.5 Å². The lowest BCUT2D eigenvalue weighted by Gasteiger charge is -1.71. The maximum Gasteiger partial charge on any atom is 0.170 e. The third-order valence-corrected chi connectivity index (χ3v) is 1.69. The van der Waals surface area contributed by atoms with Gasteiger partial charge in [-0.2, -0.15) is 5.26 Å². The van der Waals surface area contributed by atoms with E-state index in [1.54, 1.807) is 5.51 Å². The Bertz CT molecular complexity index is 224. The molecule has 0 fully saturated rings. The number of thiazole rings is 1. The SMILES string of the molecule is N#Cc1ncsc1Cl.